The molecule has 0 atom stereocenters. The average molecular weight is 372 g/mol. The molecule has 3 rings (SSSR count). The van der Waals surface area contributed by atoms with Gasteiger partial charge >= 0.3 is 0 Å². The molecule has 0 saturated carbocycles. The summed E-state index contributed by atoms with van der Waals surface area (Å²) in [6.45, 7) is 4.50. The van der Waals surface area contributed by atoms with E-state index in [4.69, 9.17) is 0 Å². The minimum absolute atomic E-state index is 0.0581. The van der Waals surface area contributed by atoms with Crippen LogP contribution >= 0.6 is 0 Å². The Morgan fingerprint density at radius 1 is 1.07 bits per heavy atom. The highest BCUT2D eigenvalue weighted by atomic mass is 19.2. The topological polar surface area (TPSA) is 84.7 Å². The highest BCUT2D eigenvalue weighted by molar-refractivity contribution is 5.94. The quantitative estimate of drug-likeness (QED) is 0.649. The maximum absolute atomic E-state index is 13.2. The molecule has 0 unspecified atom stereocenters. The number of carbonyl (C=O) groups is 1. The van der Waals surface area contributed by atoms with E-state index in [1.165, 1.54) is 12.4 Å². The first kappa shape index (κ1) is 18.4. The Kier molecular flexibility index (Phi) is 5.39. The van der Waals surface area contributed by atoms with Gasteiger partial charge in [-0.25, -0.2) is 23.4 Å². The predicted molar refractivity (Wildman–Crippen MR) is 95.8 cm³/mol. The van der Waals surface area contributed by atoms with E-state index in [1.807, 2.05) is 19.9 Å². The summed E-state index contributed by atoms with van der Waals surface area (Å²) in [5.41, 5.74) is 1.90. The van der Waals surface area contributed by atoms with Gasteiger partial charge in [0.05, 0.1) is 5.69 Å². The smallest absolute Gasteiger partial charge is 0.251 e. The van der Waals surface area contributed by atoms with Gasteiger partial charge in [0.25, 0.3) is 5.91 Å². The minimum Gasteiger partial charge on any atom is -0.368 e. The van der Waals surface area contributed by atoms with Crippen molar-refractivity contribution in [1.29, 1.82) is 0 Å². The van der Waals surface area contributed by atoms with Gasteiger partial charge in [-0.2, -0.15) is 5.10 Å². The number of carbonyl (C=O) groups excluding carboxylic acids is 1. The highest BCUT2D eigenvalue weighted by Gasteiger charge is 2.09. The van der Waals surface area contributed by atoms with Gasteiger partial charge in [0.1, 0.15) is 12.1 Å². The van der Waals surface area contributed by atoms with Crippen molar-refractivity contribution >= 4 is 11.7 Å². The van der Waals surface area contributed by atoms with E-state index >= 15 is 0 Å². The average Bonchev–Trinajstić information content (AvgIpc) is 2.99. The van der Waals surface area contributed by atoms with Crippen molar-refractivity contribution < 1.29 is 13.6 Å². The fourth-order valence-electron chi connectivity index (χ4n) is 2.53. The number of aromatic nitrogens is 4. The van der Waals surface area contributed by atoms with Crippen LogP contribution in [-0.4, -0.2) is 38.7 Å². The molecule has 2 N–H and O–H groups in total. The molecule has 2 heterocycles. The Balaban J connectivity index is 1.55. The molecule has 0 saturated heterocycles. The molecular formula is C18H18F2N6O. The lowest BCUT2D eigenvalue weighted by Crippen LogP contribution is -2.29. The molecule has 0 fully saturated rings. The standard InChI is InChI=1S/C18H18F2N6O/c1-11-7-12(2)26(25-11)17-9-16(23-10-24-17)21-5-6-22-18(27)13-3-4-14(19)15(20)8-13/h3-4,7-10H,5-6H2,1-2H3,(H,22,27)(H,21,23,24). The van der Waals surface area contributed by atoms with Crippen molar-refractivity contribution in [3.8, 4) is 5.82 Å². The Morgan fingerprint density at radius 3 is 2.59 bits per heavy atom. The van der Waals surface area contributed by atoms with Crippen molar-refractivity contribution in [3.05, 3.63) is 65.2 Å². The van der Waals surface area contributed by atoms with Crippen molar-refractivity contribution in [2.24, 2.45) is 0 Å². The van der Waals surface area contributed by atoms with Crippen LogP contribution in [0.2, 0.25) is 0 Å². The van der Waals surface area contributed by atoms with Gasteiger partial charge in [0.15, 0.2) is 17.5 Å². The van der Waals surface area contributed by atoms with Gasteiger partial charge in [0, 0.05) is 30.4 Å². The second-order valence-electron chi connectivity index (χ2n) is 5.91. The van der Waals surface area contributed by atoms with Gasteiger partial charge in [-0.05, 0) is 38.1 Å². The molecule has 140 valence electrons. The zero-order valence-electron chi connectivity index (χ0n) is 14.8. The van der Waals surface area contributed by atoms with E-state index in [2.05, 4.69) is 25.7 Å². The van der Waals surface area contributed by atoms with Crippen molar-refractivity contribution in [2.75, 3.05) is 18.4 Å². The number of anilines is 1. The molecule has 3 aromatic rings. The van der Waals surface area contributed by atoms with Gasteiger partial charge in [-0.1, -0.05) is 0 Å². The van der Waals surface area contributed by atoms with Crippen molar-refractivity contribution in [1.82, 2.24) is 25.1 Å². The molecule has 0 aliphatic rings. The number of hydrogen-bond donors (Lipinski definition) is 2. The van der Waals surface area contributed by atoms with Gasteiger partial charge in [0.2, 0.25) is 0 Å². The Bertz CT molecular complexity index is 972. The minimum atomic E-state index is -1.06. The lowest BCUT2D eigenvalue weighted by molar-refractivity contribution is 0.0954. The summed E-state index contributed by atoms with van der Waals surface area (Å²) in [5, 5.41) is 10.1. The molecule has 0 bridgehead atoms. The molecule has 0 aliphatic heterocycles. The van der Waals surface area contributed by atoms with E-state index in [9.17, 15) is 13.6 Å². The van der Waals surface area contributed by atoms with Crippen LogP contribution in [0.25, 0.3) is 5.82 Å². The molecule has 7 nitrogen and oxygen atoms in total. The lowest BCUT2D eigenvalue weighted by atomic mass is 10.2. The summed E-state index contributed by atoms with van der Waals surface area (Å²) in [5.74, 6) is -1.32. The van der Waals surface area contributed by atoms with E-state index in [0.29, 0.717) is 18.2 Å². The van der Waals surface area contributed by atoms with Crippen LogP contribution in [0.1, 0.15) is 21.7 Å². The fraction of sp³-hybridized carbons (Fsp3) is 0.222. The maximum atomic E-state index is 13.2. The van der Waals surface area contributed by atoms with E-state index in [1.54, 1.807) is 10.7 Å². The van der Waals surface area contributed by atoms with Gasteiger partial charge < -0.3 is 10.6 Å². The summed E-state index contributed by atoms with van der Waals surface area (Å²) >= 11 is 0. The predicted octanol–water partition coefficient (Wildman–Crippen LogP) is 2.40. The van der Waals surface area contributed by atoms with E-state index < -0.39 is 17.5 Å². The third kappa shape index (κ3) is 4.43. The van der Waals surface area contributed by atoms with Crippen molar-refractivity contribution in [3.63, 3.8) is 0 Å². The lowest BCUT2D eigenvalue weighted by Gasteiger charge is -2.09. The summed E-state index contributed by atoms with van der Waals surface area (Å²) in [6.07, 6.45) is 1.42. The molecule has 9 heteroatoms. The monoisotopic (exact) mass is 372 g/mol. The van der Waals surface area contributed by atoms with Crippen molar-refractivity contribution in [2.45, 2.75) is 13.8 Å². The van der Waals surface area contributed by atoms with Gasteiger partial charge in [-0.3, -0.25) is 4.79 Å². The second-order valence-corrected chi connectivity index (χ2v) is 5.91. The number of nitrogens with zero attached hydrogens (tertiary/aromatic N) is 4. The number of aryl methyl sites for hydroxylation is 2. The number of benzene rings is 1. The summed E-state index contributed by atoms with van der Waals surface area (Å²) in [7, 11) is 0. The number of rotatable bonds is 6. The summed E-state index contributed by atoms with van der Waals surface area (Å²) < 4.78 is 27.8. The van der Waals surface area contributed by atoms with Crippen LogP contribution in [0.5, 0.6) is 0 Å². The van der Waals surface area contributed by atoms with Gasteiger partial charge in [-0.15, -0.1) is 0 Å². The maximum Gasteiger partial charge on any atom is 0.251 e. The van der Waals surface area contributed by atoms with Crippen LogP contribution in [0, 0.1) is 25.5 Å². The number of nitrogens with one attached hydrogen (secondary N) is 2. The molecule has 0 aliphatic carbocycles. The van der Waals surface area contributed by atoms with Crippen LogP contribution in [0.3, 0.4) is 0 Å². The first-order chi connectivity index (χ1) is 12.9. The number of hydrogen-bond acceptors (Lipinski definition) is 5. The number of halogens is 2. The van der Waals surface area contributed by atoms with Crippen LogP contribution in [0.15, 0.2) is 36.7 Å². The van der Waals surface area contributed by atoms with Crippen LogP contribution < -0.4 is 10.6 Å². The summed E-state index contributed by atoms with van der Waals surface area (Å²) in [4.78, 5) is 20.3. The highest BCUT2D eigenvalue weighted by Crippen LogP contribution is 2.12. The van der Waals surface area contributed by atoms with Crippen LogP contribution in [-0.2, 0) is 0 Å². The van der Waals surface area contributed by atoms with E-state index in [0.717, 1.165) is 23.5 Å². The van der Waals surface area contributed by atoms with E-state index in [-0.39, 0.29) is 12.1 Å². The molecular weight excluding hydrogens is 354 g/mol. The largest absolute Gasteiger partial charge is 0.368 e. The molecule has 2 aromatic heterocycles. The first-order valence-electron chi connectivity index (χ1n) is 8.27. The zero-order chi connectivity index (χ0) is 19.4. The van der Waals surface area contributed by atoms with Crippen LogP contribution in [0.4, 0.5) is 14.6 Å². The SMILES string of the molecule is Cc1cc(C)n(-c2cc(NCCNC(=O)c3ccc(F)c(F)c3)ncn2)n1. The Morgan fingerprint density at radius 2 is 1.89 bits per heavy atom. The summed E-state index contributed by atoms with van der Waals surface area (Å²) in [6, 6.07) is 6.71. The molecule has 27 heavy (non-hydrogen) atoms. The molecule has 1 amide bonds. The third-order valence-electron chi connectivity index (χ3n) is 3.78. The molecule has 0 radical (unpaired) electrons. The first-order valence-corrected chi connectivity index (χ1v) is 8.27. The number of amides is 1. The fourth-order valence-corrected chi connectivity index (χ4v) is 2.53. The third-order valence-corrected chi connectivity index (χ3v) is 3.78. The molecule has 1 aromatic carbocycles. The second kappa shape index (κ2) is 7.90. The normalized spacial score (nSPS) is 10.7. The zero-order valence-corrected chi connectivity index (χ0v) is 14.8. The Labute approximate surface area is 154 Å². The molecule has 0 spiro atoms. The Hall–Kier alpha value is -3.36.